The first-order valence-electron chi connectivity index (χ1n) is 11.5. The number of hydrogen-bond donors (Lipinski definition) is 8. The Kier molecular flexibility index (Phi) is 14.3. The Morgan fingerprint density at radius 1 is 0.886 bits per heavy atom. The number of rotatable bonds is 15. The smallest absolute Gasteiger partial charge is 0.327 e. The molecule has 13 heteroatoms. The lowest BCUT2D eigenvalue weighted by molar-refractivity contribution is -0.142. The van der Waals surface area contributed by atoms with Gasteiger partial charge in [0.1, 0.15) is 23.7 Å². The van der Waals surface area contributed by atoms with Gasteiger partial charge in [-0.3, -0.25) is 19.2 Å². The molecule has 0 heterocycles. The molecule has 0 aliphatic carbocycles. The summed E-state index contributed by atoms with van der Waals surface area (Å²) in [6.07, 6.45) is 0.795. The quantitative estimate of drug-likeness (QED) is 0.133. The van der Waals surface area contributed by atoms with E-state index in [4.69, 9.17) is 5.73 Å². The first kappa shape index (κ1) is 33.0. The Labute approximate surface area is 218 Å². The van der Waals surface area contributed by atoms with Crippen molar-refractivity contribution in [2.45, 2.75) is 84.1 Å². The third kappa shape index (κ3) is 11.1. The van der Waals surface area contributed by atoms with E-state index in [1.807, 2.05) is 20.8 Å². The average molecular weight is 536 g/mol. The van der Waals surface area contributed by atoms with E-state index in [2.05, 4.69) is 46.5 Å². The largest absolute Gasteiger partial charge is 0.480 e. The van der Waals surface area contributed by atoms with E-state index in [-0.39, 0.29) is 29.8 Å². The fourth-order valence-electron chi connectivity index (χ4n) is 2.98. The van der Waals surface area contributed by atoms with Crippen LogP contribution in [0.1, 0.15) is 54.4 Å². The van der Waals surface area contributed by atoms with E-state index in [0.717, 1.165) is 0 Å². The van der Waals surface area contributed by atoms with E-state index >= 15 is 0 Å². The molecule has 4 amide bonds. The molecule has 0 rings (SSSR count). The Morgan fingerprint density at radius 2 is 1.46 bits per heavy atom. The molecule has 0 aromatic carbocycles. The van der Waals surface area contributed by atoms with Gasteiger partial charge in [-0.25, -0.2) is 4.79 Å². The number of hydrogen-bond acceptors (Lipinski definition) is 8. The molecule has 0 radical (unpaired) electrons. The second kappa shape index (κ2) is 15.2. The van der Waals surface area contributed by atoms with Gasteiger partial charge in [-0.2, -0.15) is 25.3 Å². The number of nitrogens with one attached hydrogen (secondary N) is 4. The van der Waals surface area contributed by atoms with Crippen molar-refractivity contribution in [1.29, 1.82) is 0 Å². The van der Waals surface area contributed by atoms with Crippen LogP contribution in [0.25, 0.3) is 0 Å². The summed E-state index contributed by atoms with van der Waals surface area (Å²) in [5.41, 5.74) is 4.29. The first-order chi connectivity index (χ1) is 16.1. The van der Waals surface area contributed by atoms with Crippen molar-refractivity contribution in [1.82, 2.24) is 21.3 Å². The summed E-state index contributed by atoms with van der Waals surface area (Å²) in [6.45, 7) is 10.3. The fourth-order valence-corrected chi connectivity index (χ4v) is 3.40. The summed E-state index contributed by atoms with van der Waals surface area (Å²) in [5, 5.41) is 19.5. The highest BCUT2D eigenvalue weighted by Gasteiger charge is 2.36. The van der Waals surface area contributed by atoms with Crippen LogP contribution in [-0.4, -0.2) is 75.9 Å². The maximum absolute atomic E-state index is 13.2. The molecule has 0 saturated carbocycles. The van der Waals surface area contributed by atoms with Crippen molar-refractivity contribution < 1.29 is 29.1 Å². The van der Waals surface area contributed by atoms with Crippen LogP contribution < -0.4 is 27.0 Å². The summed E-state index contributed by atoms with van der Waals surface area (Å²) in [4.78, 5) is 62.4. The van der Waals surface area contributed by atoms with Crippen LogP contribution in [-0.2, 0) is 24.0 Å². The van der Waals surface area contributed by atoms with Gasteiger partial charge in [0.2, 0.25) is 23.6 Å². The van der Waals surface area contributed by atoms with Gasteiger partial charge in [0, 0.05) is 11.5 Å². The number of carboxylic acid groups (broad SMARTS) is 1. The van der Waals surface area contributed by atoms with Gasteiger partial charge in [-0.1, -0.05) is 34.1 Å². The molecule has 0 unspecified atom stereocenters. The van der Waals surface area contributed by atoms with Crippen LogP contribution in [0.5, 0.6) is 0 Å². The van der Waals surface area contributed by atoms with E-state index in [0.29, 0.717) is 6.42 Å². The van der Waals surface area contributed by atoms with Gasteiger partial charge < -0.3 is 32.1 Å². The van der Waals surface area contributed by atoms with Crippen LogP contribution in [0.2, 0.25) is 0 Å². The average Bonchev–Trinajstić information content (AvgIpc) is 2.77. The Bertz CT molecular complexity index is 765. The van der Waals surface area contributed by atoms with Crippen LogP contribution in [0, 0.1) is 11.8 Å². The summed E-state index contributed by atoms with van der Waals surface area (Å²) in [5.74, 6) is -3.99. The summed E-state index contributed by atoms with van der Waals surface area (Å²) >= 11 is 7.93. The molecule has 0 aromatic rings. The fraction of sp³-hybridized carbons (Fsp3) is 0.773. The molecule has 0 bridgehead atoms. The minimum absolute atomic E-state index is 0.0119. The number of amides is 4. The predicted octanol–water partition coefficient (Wildman–Crippen LogP) is -0.301. The molecule has 11 nitrogen and oxygen atoms in total. The zero-order valence-corrected chi connectivity index (χ0v) is 23.0. The molecule has 35 heavy (non-hydrogen) atoms. The number of carbonyl (C=O) groups is 5. The normalized spacial score (nSPS) is 15.8. The Balaban J connectivity index is 5.67. The predicted molar refractivity (Wildman–Crippen MR) is 140 cm³/mol. The maximum atomic E-state index is 13.2. The molecule has 0 aliphatic rings. The summed E-state index contributed by atoms with van der Waals surface area (Å²) in [7, 11) is 0. The second-order valence-corrected chi connectivity index (χ2v) is 10.2. The number of carboxylic acids is 1. The van der Waals surface area contributed by atoms with E-state index in [9.17, 15) is 29.1 Å². The molecule has 7 N–H and O–H groups in total. The van der Waals surface area contributed by atoms with Gasteiger partial charge >= 0.3 is 5.97 Å². The highest BCUT2D eigenvalue weighted by atomic mass is 32.1. The topological polar surface area (TPSA) is 180 Å². The minimum atomic E-state index is -1.37. The lowest BCUT2D eigenvalue weighted by atomic mass is 9.96. The molecule has 0 fully saturated rings. The lowest BCUT2D eigenvalue weighted by Crippen LogP contribution is -2.62. The van der Waals surface area contributed by atoms with E-state index in [1.54, 1.807) is 6.92 Å². The monoisotopic (exact) mass is 535 g/mol. The standard InChI is InChI=1S/C22H41N5O6S2/c1-7-12(4)16(19(30)24-15(10-35)20(31)32)26-18(29)14(8-11(2)3)25-21(33)22(5,6)27-17(28)13(23)9-34/h11-16,34-35H,7-10,23H2,1-6H3,(H,24,30)(H,25,33)(H,26,29)(H,27,28)(H,31,32)/t12-,13-,14-,15-,16-/m0/s1. The SMILES string of the molecule is CC[C@H](C)[C@H](NC(=O)[C@H](CC(C)C)NC(=O)C(C)(C)NC(=O)[C@@H](N)CS)C(=O)N[C@@H](CS)C(=O)O. The Hall–Kier alpha value is -1.99. The van der Waals surface area contributed by atoms with Crippen molar-refractivity contribution >= 4 is 54.9 Å². The van der Waals surface area contributed by atoms with Gasteiger partial charge in [0.15, 0.2) is 0 Å². The molecular formula is C22H41N5O6S2. The molecular weight excluding hydrogens is 494 g/mol. The number of aliphatic carboxylic acids is 1. The summed E-state index contributed by atoms with van der Waals surface area (Å²) < 4.78 is 0. The third-order valence-electron chi connectivity index (χ3n) is 5.46. The molecule has 5 atom stereocenters. The maximum Gasteiger partial charge on any atom is 0.327 e. The van der Waals surface area contributed by atoms with Crippen molar-refractivity contribution in [2.24, 2.45) is 17.6 Å². The van der Waals surface area contributed by atoms with Crippen LogP contribution >= 0.6 is 25.3 Å². The van der Waals surface area contributed by atoms with E-state index < -0.39 is 59.3 Å². The zero-order valence-electron chi connectivity index (χ0n) is 21.3. The number of carbonyl (C=O) groups excluding carboxylic acids is 4. The molecule has 0 aliphatic heterocycles. The van der Waals surface area contributed by atoms with Gasteiger partial charge in [-0.05, 0) is 32.1 Å². The van der Waals surface area contributed by atoms with Crippen LogP contribution in [0.4, 0.5) is 0 Å². The van der Waals surface area contributed by atoms with Gasteiger partial charge in [0.25, 0.3) is 0 Å². The van der Waals surface area contributed by atoms with Crippen molar-refractivity contribution in [3.63, 3.8) is 0 Å². The molecule has 0 aromatic heterocycles. The minimum Gasteiger partial charge on any atom is -0.480 e. The second-order valence-electron chi connectivity index (χ2n) is 9.51. The molecule has 0 spiro atoms. The summed E-state index contributed by atoms with van der Waals surface area (Å²) in [6, 6.07) is -4.14. The van der Waals surface area contributed by atoms with Crippen molar-refractivity contribution in [2.75, 3.05) is 11.5 Å². The number of thiol groups is 2. The van der Waals surface area contributed by atoms with Crippen LogP contribution in [0.15, 0.2) is 0 Å². The lowest BCUT2D eigenvalue weighted by Gasteiger charge is -2.31. The molecule has 202 valence electrons. The van der Waals surface area contributed by atoms with Crippen molar-refractivity contribution in [3.05, 3.63) is 0 Å². The highest BCUT2D eigenvalue weighted by molar-refractivity contribution is 7.80. The van der Waals surface area contributed by atoms with Gasteiger partial charge in [-0.15, -0.1) is 0 Å². The highest BCUT2D eigenvalue weighted by Crippen LogP contribution is 2.13. The first-order valence-corrected chi connectivity index (χ1v) is 12.8. The van der Waals surface area contributed by atoms with Crippen LogP contribution in [0.3, 0.4) is 0 Å². The van der Waals surface area contributed by atoms with E-state index in [1.165, 1.54) is 13.8 Å². The van der Waals surface area contributed by atoms with Crippen molar-refractivity contribution in [3.8, 4) is 0 Å². The molecule has 0 saturated heterocycles. The van der Waals surface area contributed by atoms with Gasteiger partial charge in [0.05, 0.1) is 6.04 Å². The zero-order chi connectivity index (χ0) is 27.5. The Morgan fingerprint density at radius 3 is 1.89 bits per heavy atom. The third-order valence-corrected chi connectivity index (χ3v) is 6.21. The number of nitrogens with two attached hydrogens (primary N) is 1.